The molecule has 1 aromatic rings. The summed E-state index contributed by atoms with van der Waals surface area (Å²) in [5.41, 5.74) is -0.734. The van der Waals surface area contributed by atoms with Gasteiger partial charge in [-0.15, -0.1) is 11.3 Å². The van der Waals surface area contributed by atoms with Crippen LogP contribution in [0, 0.1) is 0 Å². The van der Waals surface area contributed by atoms with E-state index in [4.69, 9.17) is 0 Å². The second-order valence-corrected chi connectivity index (χ2v) is 6.81. The van der Waals surface area contributed by atoms with Gasteiger partial charge in [-0.3, -0.25) is 10.1 Å². The van der Waals surface area contributed by atoms with E-state index in [-0.39, 0.29) is 0 Å². The number of hydrogen-bond donors (Lipinski definition) is 2. The quantitative estimate of drug-likeness (QED) is 0.885. The van der Waals surface area contributed by atoms with Crippen molar-refractivity contribution in [1.82, 2.24) is 10.2 Å². The molecule has 5 heteroatoms. The Labute approximate surface area is 117 Å². The van der Waals surface area contributed by atoms with Crippen LogP contribution in [-0.2, 0) is 11.3 Å². The molecule has 0 aromatic carbocycles. The predicted octanol–water partition coefficient (Wildman–Crippen LogP) is 1.92. The van der Waals surface area contributed by atoms with Gasteiger partial charge in [0.2, 0.25) is 0 Å². The van der Waals surface area contributed by atoms with Crippen molar-refractivity contribution in [3.8, 4) is 0 Å². The van der Waals surface area contributed by atoms with E-state index in [1.807, 2.05) is 11.4 Å². The molecule has 0 amide bonds. The Kier molecular flexibility index (Phi) is 3.37. The molecule has 0 radical (unpaired) electrons. The summed E-state index contributed by atoms with van der Waals surface area (Å²) in [7, 11) is 2.13. The lowest BCUT2D eigenvalue weighted by molar-refractivity contribution is -0.148. The molecular formula is C14H20N2O2S. The molecule has 2 N–H and O–H groups in total. The van der Waals surface area contributed by atoms with Gasteiger partial charge in [0.25, 0.3) is 0 Å². The number of piperidine rings is 1. The van der Waals surface area contributed by atoms with Crippen molar-refractivity contribution in [1.29, 1.82) is 0 Å². The molecule has 2 fully saturated rings. The first-order valence-electron chi connectivity index (χ1n) is 6.83. The van der Waals surface area contributed by atoms with Crippen LogP contribution in [0.15, 0.2) is 17.5 Å². The Morgan fingerprint density at radius 2 is 2.21 bits per heavy atom. The average molecular weight is 280 g/mol. The second-order valence-electron chi connectivity index (χ2n) is 5.78. The Bertz CT molecular complexity index is 446. The molecule has 2 unspecified atom stereocenters. The first kappa shape index (κ1) is 13.1. The molecule has 3 rings (SSSR count). The third kappa shape index (κ3) is 2.30. The number of hydrogen-bond acceptors (Lipinski definition) is 4. The SMILES string of the molecule is CN1C2CCC1CC(NCc1cccs1)(C(=O)O)C2. The first-order chi connectivity index (χ1) is 9.11. The smallest absolute Gasteiger partial charge is 0.324 e. The van der Waals surface area contributed by atoms with Gasteiger partial charge < -0.3 is 10.0 Å². The fraction of sp³-hybridized carbons (Fsp3) is 0.643. The fourth-order valence-electron chi connectivity index (χ4n) is 3.53. The average Bonchev–Trinajstić information content (AvgIpc) is 2.95. The number of carboxylic acids is 1. The second kappa shape index (κ2) is 4.89. The van der Waals surface area contributed by atoms with Crippen LogP contribution in [0.25, 0.3) is 0 Å². The highest BCUT2D eigenvalue weighted by Gasteiger charge is 2.50. The predicted molar refractivity (Wildman–Crippen MR) is 75.3 cm³/mol. The van der Waals surface area contributed by atoms with Crippen LogP contribution in [0.1, 0.15) is 30.6 Å². The van der Waals surface area contributed by atoms with Crippen LogP contribution in [-0.4, -0.2) is 40.6 Å². The lowest BCUT2D eigenvalue weighted by atomic mass is 9.83. The molecule has 2 bridgehead atoms. The number of carbonyl (C=O) groups is 1. The minimum absolute atomic E-state index is 0.422. The minimum atomic E-state index is -0.734. The molecule has 0 aliphatic carbocycles. The standard InChI is InChI=1S/C14H20N2O2S/c1-16-10-4-5-11(16)8-14(7-10,13(17)18)15-9-12-3-2-6-19-12/h2-3,6,10-11,15H,4-5,7-9H2,1H3,(H,17,18). The van der Waals surface area contributed by atoms with Gasteiger partial charge in [-0.2, -0.15) is 0 Å². The van der Waals surface area contributed by atoms with Gasteiger partial charge in [-0.1, -0.05) is 6.07 Å². The van der Waals surface area contributed by atoms with E-state index in [2.05, 4.69) is 23.3 Å². The Morgan fingerprint density at radius 1 is 1.53 bits per heavy atom. The van der Waals surface area contributed by atoms with Gasteiger partial charge in [-0.25, -0.2) is 0 Å². The number of nitrogens with zero attached hydrogens (tertiary/aromatic N) is 1. The summed E-state index contributed by atoms with van der Waals surface area (Å²) < 4.78 is 0. The van der Waals surface area contributed by atoms with Gasteiger partial charge in [0.05, 0.1) is 0 Å². The van der Waals surface area contributed by atoms with Crippen LogP contribution >= 0.6 is 11.3 Å². The van der Waals surface area contributed by atoms with Crippen molar-refractivity contribution in [2.24, 2.45) is 0 Å². The third-order valence-electron chi connectivity index (χ3n) is 4.74. The van der Waals surface area contributed by atoms with Crippen LogP contribution in [0.3, 0.4) is 0 Å². The van der Waals surface area contributed by atoms with E-state index < -0.39 is 11.5 Å². The van der Waals surface area contributed by atoms with Crippen LogP contribution in [0.5, 0.6) is 0 Å². The van der Waals surface area contributed by atoms with E-state index in [1.165, 1.54) is 4.88 Å². The molecule has 3 heterocycles. The molecule has 2 saturated heterocycles. The van der Waals surface area contributed by atoms with E-state index in [9.17, 15) is 9.90 Å². The van der Waals surface area contributed by atoms with Gasteiger partial charge in [0.1, 0.15) is 5.54 Å². The molecule has 2 aliphatic rings. The fourth-order valence-corrected chi connectivity index (χ4v) is 4.18. The zero-order valence-electron chi connectivity index (χ0n) is 11.1. The number of rotatable bonds is 4. The topological polar surface area (TPSA) is 52.6 Å². The summed E-state index contributed by atoms with van der Waals surface area (Å²) in [4.78, 5) is 15.4. The van der Waals surface area contributed by atoms with Crippen molar-refractivity contribution in [2.75, 3.05) is 7.05 Å². The van der Waals surface area contributed by atoms with E-state index >= 15 is 0 Å². The number of thiophene rings is 1. The normalized spacial score (nSPS) is 34.6. The maximum Gasteiger partial charge on any atom is 0.324 e. The molecule has 2 atom stereocenters. The maximum absolute atomic E-state index is 11.8. The van der Waals surface area contributed by atoms with Crippen molar-refractivity contribution in [3.05, 3.63) is 22.4 Å². The zero-order valence-corrected chi connectivity index (χ0v) is 11.9. The van der Waals surface area contributed by atoms with Crippen molar-refractivity contribution in [2.45, 2.75) is 49.9 Å². The highest BCUT2D eigenvalue weighted by Crippen LogP contribution is 2.40. The summed E-state index contributed by atoms with van der Waals surface area (Å²) in [5.74, 6) is -0.686. The molecule has 4 nitrogen and oxygen atoms in total. The maximum atomic E-state index is 11.8. The summed E-state index contributed by atoms with van der Waals surface area (Å²) >= 11 is 1.67. The van der Waals surface area contributed by atoms with Crippen molar-refractivity contribution in [3.63, 3.8) is 0 Å². The molecule has 0 spiro atoms. The molecular weight excluding hydrogens is 260 g/mol. The first-order valence-corrected chi connectivity index (χ1v) is 7.71. The number of aliphatic carboxylic acids is 1. The Hall–Kier alpha value is -0.910. The van der Waals surface area contributed by atoms with Crippen LogP contribution in [0.4, 0.5) is 0 Å². The number of fused-ring (bicyclic) bond motifs is 2. The van der Waals surface area contributed by atoms with Crippen molar-refractivity contribution >= 4 is 17.3 Å². The lowest BCUT2D eigenvalue weighted by Crippen LogP contribution is -2.60. The largest absolute Gasteiger partial charge is 0.480 e. The molecule has 19 heavy (non-hydrogen) atoms. The number of nitrogens with one attached hydrogen (secondary N) is 1. The zero-order chi connectivity index (χ0) is 13.5. The molecule has 104 valence electrons. The van der Waals surface area contributed by atoms with Crippen LogP contribution in [0.2, 0.25) is 0 Å². The Balaban J connectivity index is 1.75. The third-order valence-corrected chi connectivity index (χ3v) is 5.62. The molecule has 2 aliphatic heterocycles. The summed E-state index contributed by atoms with van der Waals surface area (Å²) in [5, 5.41) is 15.1. The van der Waals surface area contributed by atoms with Crippen LogP contribution < -0.4 is 5.32 Å². The highest BCUT2D eigenvalue weighted by atomic mass is 32.1. The minimum Gasteiger partial charge on any atom is -0.480 e. The summed E-state index contributed by atoms with van der Waals surface area (Å²) in [6, 6.07) is 4.90. The van der Waals surface area contributed by atoms with Gasteiger partial charge >= 0.3 is 5.97 Å². The summed E-state index contributed by atoms with van der Waals surface area (Å²) in [6.07, 6.45) is 3.72. The summed E-state index contributed by atoms with van der Waals surface area (Å²) in [6.45, 7) is 0.660. The Morgan fingerprint density at radius 3 is 2.74 bits per heavy atom. The van der Waals surface area contributed by atoms with Gasteiger partial charge in [-0.05, 0) is 44.2 Å². The monoisotopic (exact) mass is 280 g/mol. The van der Waals surface area contributed by atoms with Gasteiger partial charge in [0, 0.05) is 23.5 Å². The van der Waals surface area contributed by atoms with Gasteiger partial charge in [0.15, 0.2) is 0 Å². The molecule has 1 aromatic heterocycles. The highest BCUT2D eigenvalue weighted by molar-refractivity contribution is 7.09. The lowest BCUT2D eigenvalue weighted by Gasteiger charge is -2.43. The van der Waals surface area contributed by atoms with E-state index in [0.29, 0.717) is 18.6 Å². The molecule has 0 saturated carbocycles. The number of carboxylic acid groups (broad SMARTS) is 1. The van der Waals surface area contributed by atoms with E-state index in [1.54, 1.807) is 11.3 Å². The van der Waals surface area contributed by atoms with E-state index in [0.717, 1.165) is 25.7 Å². The van der Waals surface area contributed by atoms with Crippen molar-refractivity contribution < 1.29 is 9.90 Å².